The smallest absolute Gasteiger partial charge is 0.175 e. The molecule has 1 aliphatic heterocycles. The highest BCUT2D eigenvalue weighted by molar-refractivity contribution is 7.90. The lowest BCUT2D eigenvalue weighted by Gasteiger charge is -2.20. The number of sulfone groups is 1. The van der Waals surface area contributed by atoms with E-state index in [1.807, 2.05) is 0 Å². The van der Waals surface area contributed by atoms with Crippen LogP contribution in [-0.4, -0.2) is 33.8 Å². The van der Waals surface area contributed by atoms with Crippen molar-refractivity contribution < 1.29 is 12.8 Å². The lowest BCUT2D eigenvalue weighted by Crippen LogP contribution is -2.26. The van der Waals surface area contributed by atoms with Gasteiger partial charge in [0.15, 0.2) is 9.84 Å². The summed E-state index contributed by atoms with van der Waals surface area (Å²) in [6.07, 6.45) is 2.13. The quantitative estimate of drug-likeness (QED) is 0.896. The molecule has 0 spiro atoms. The molecule has 1 heterocycles. The zero-order valence-corrected chi connectivity index (χ0v) is 14.7. The Kier molecular flexibility index (Phi) is 4.69. The maximum absolute atomic E-state index is 13.3. The first kappa shape index (κ1) is 17.0. The van der Waals surface area contributed by atoms with Gasteiger partial charge in [0.05, 0.1) is 9.92 Å². The van der Waals surface area contributed by atoms with E-state index < -0.39 is 15.7 Å². The summed E-state index contributed by atoms with van der Waals surface area (Å²) in [7, 11) is -3.18. The fourth-order valence-electron chi connectivity index (χ4n) is 2.83. The second-order valence-electron chi connectivity index (χ2n) is 5.97. The predicted molar refractivity (Wildman–Crippen MR) is 95.2 cm³/mol. The molecule has 2 aromatic carbocycles. The van der Waals surface area contributed by atoms with Gasteiger partial charge in [-0.3, -0.25) is 0 Å². The summed E-state index contributed by atoms with van der Waals surface area (Å²) in [6.45, 7) is 1.62. The molecule has 0 aromatic heterocycles. The average Bonchev–Trinajstić information content (AvgIpc) is 2.98. The topological polar surface area (TPSA) is 49.4 Å². The van der Waals surface area contributed by atoms with E-state index in [9.17, 15) is 12.8 Å². The molecule has 24 heavy (non-hydrogen) atoms. The van der Waals surface area contributed by atoms with Gasteiger partial charge in [0.1, 0.15) is 5.82 Å². The molecule has 0 bridgehead atoms. The normalized spacial score (nSPS) is 18.0. The number of nitrogens with one attached hydrogen (secondary N) is 1. The molecular weight excluding hydrogens is 351 g/mol. The summed E-state index contributed by atoms with van der Waals surface area (Å²) in [5.41, 5.74) is 1.78. The Morgan fingerprint density at radius 2 is 1.92 bits per heavy atom. The number of benzene rings is 2. The Morgan fingerprint density at radius 3 is 2.54 bits per heavy atom. The molecule has 1 atom stereocenters. The Balaban J connectivity index is 1.64. The second kappa shape index (κ2) is 6.61. The second-order valence-corrected chi connectivity index (χ2v) is 8.39. The van der Waals surface area contributed by atoms with Crippen molar-refractivity contribution in [1.82, 2.24) is 0 Å². The number of hydrogen-bond acceptors (Lipinski definition) is 4. The van der Waals surface area contributed by atoms with Crippen molar-refractivity contribution in [2.24, 2.45) is 0 Å². The van der Waals surface area contributed by atoms with Crippen LogP contribution in [0.1, 0.15) is 6.42 Å². The van der Waals surface area contributed by atoms with Crippen molar-refractivity contribution in [1.29, 1.82) is 0 Å². The number of nitrogens with zero attached hydrogens (tertiary/aromatic N) is 1. The number of halogens is 2. The van der Waals surface area contributed by atoms with E-state index in [4.69, 9.17) is 11.6 Å². The van der Waals surface area contributed by atoms with Crippen molar-refractivity contribution in [3.05, 3.63) is 53.3 Å². The van der Waals surface area contributed by atoms with Gasteiger partial charge in [-0.2, -0.15) is 0 Å². The molecule has 0 saturated carbocycles. The van der Waals surface area contributed by atoms with Crippen molar-refractivity contribution in [3.8, 4) is 0 Å². The fraction of sp³-hybridized carbons (Fsp3) is 0.294. The molecule has 1 N–H and O–H groups in total. The van der Waals surface area contributed by atoms with Crippen LogP contribution in [0.15, 0.2) is 47.4 Å². The van der Waals surface area contributed by atoms with Gasteiger partial charge in [0.2, 0.25) is 0 Å². The van der Waals surface area contributed by atoms with E-state index in [1.165, 1.54) is 12.3 Å². The molecule has 0 aliphatic carbocycles. The first-order valence-corrected chi connectivity index (χ1v) is 9.86. The van der Waals surface area contributed by atoms with E-state index in [2.05, 4.69) is 10.2 Å². The third-order valence-corrected chi connectivity index (χ3v) is 5.53. The molecule has 0 radical (unpaired) electrons. The summed E-state index contributed by atoms with van der Waals surface area (Å²) in [4.78, 5) is 2.45. The van der Waals surface area contributed by atoms with Crippen LogP contribution >= 0.6 is 11.6 Å². The lowest BCUT2D eigenvalue weighted by atomic mass is 10.2. The predicted octanol–water partition coefficient (Wildman–Crippen LogP) is 3.57. The van der Waals surface area contributed by atoms with Crippen LogP contribution in [0, 0.1) is 5.82 Å². The van der Waals surface area contributed by atoms with Crippen molar-refractivity contribution >= 4 is 32.8 Å². The molecule has 1 unspecified atom stereocenters. The summed E-state index contributed by atoms with van der Waals surface area (Å²) in [6, 6.07) is 11.7. The molecule has 1 fully saturated rings. The molecule has 7 heteroatoms. The molecule has 4 nitrogen and oxygen atoms in total. The molecular formula is C17H18ClFN2O2S. The SMILES string of the molecule is CS(=O)(=O)c1ccc(NC2CCN(c3ccc(F)c(Cl)c3)C2)cc1. The third-order valence-electron chi connectivity index (χ3n) is 4.11. The third kappa shape index (κ3) is 3.82. The van der Waals surface area contributed by atoms with Gasteiger partial charge < -0.3 is 10.2 Å². The molecule has 128 valence electrons. The molecule has 1 aliphatic rings. The lowest BCUT2D eigenvalue weighted by molar-refractivity contribution is 0.602. The molecule has 3 rings (SSSR count). The highest BCUT2D eigenvalue weighted by Crippen LogP contribution is 2.27. The van der Waals surface area contributed by atoms with Gasteiger partial charge in [0, 0.05) is 36.8 Å². The maximum Gasteiger partial charge on any atom is 0.175 e. The zero-order valence-electron chi connectivity index (χ0n) is 13.2. The van der Waals surface area contributed by atoms with Gasteiger partial charge in [0.25, 0.3) is 0 Å². The van der Waals surface area contributed by atoms with E-state index in [1.54, 1.807) is 36.4 Å². The minimum atomic E-state index is -3.18. The Labute approximate surface area is 146 Å². The van der Waals surface area contributed by atoms with Gasteiger partial charge >= 0.3 is 0 Å². The van der Waals surface area contributed by atoms with Crippen LogP contribution < -0.4 is 10.2 Å². The Bertz CT molecular complexity index is 840. The van der Waals surface area contributed by atoms with Crippen molar-refractivity contribution in [3.63, 3.8) is 0 Å². The van der Waals surface area contributed by atoms with Crippen molar-refractivity contribution in [2.75, 3.05) is 29.6 Å². The number of hydrogen-bond donors (Lipinski definition) is 1. The van der Waals surface area contributed by atoms with Crippen LogP contribution in [0.4, 0.5) is 15.8 Å². The van der Waals surface area contributed by atoms with E-state index >= 15 is 0 Å². The van der Waals surface area contributed by atoms with Crippen LogP contribution in [0.2, 0.25) is 5.02 Å². The summed E-state index contributed by atoms with van der Waals surface area (Å²) in [5, 5.41) is 3.53. The van der Waals surface area contributed by atoms with Crippen LogP contribution in [0.5, 0.6) is 0 Å². The highest BCUT2D eigenvalue weighted by Gasteiger charge is 2.23. The van der Waals surface area contributed by atoms with E-state index in [-0.39, 0.29) is 11.1 Å². The van der Waals surface area contributed by atoms with Crippen molar-refractivity contribution in [2.45, 2.75) is 17.4 Å². The number of rotatable bonds is 4. The van der Waals surface area contributed by atoms with E-state index in [0.717, 1.165) is 30.9 Å². The molecule has 2 aromatic rings. The fourth-order valence-corrected chi connectivity index (χ4v) is 3.63. The van der Waals surface area contributed by atoms with Crippen LogP contribution in [-0.2, 0) is 9.84 Å². The first-order valence-electron chi connectivity index (χ1n) is 7.59. The monoisotopic (exact) mass is 368 g/mol. The first-order chi connectivity index (χ1) is 11.3. The van der Waals surface area contributed by atoms with Gasteiger partial charge in [-0.1, -0.05) is 11.6 Å². The number of anilines is 2. The average molecular weight is 369 g/mol. The van der Waals surface area contributed by atoms with Gasteiger partial charge in [-0.15, -0.1) is 0 Å². The van der Waals surface area contributed by atoms with E-state index in [0.29, 0.717) is 4.90 Å². The largest absolute Gasteiger partial charge is 0.380 e. The highest BCUT2D eigenvalue weighted by atomic mass is 35.5. The summed E-state index contributed by atoms with van der Waals surface area (Å²) in [5.74, 6) is -0.416. The molecule has 0 amide bonds. The summed E-state index contributed by atoms with van der Waals surface area (Å²) >= 11 is 5.84. The van der Waals surface area contributed by atoms with Crippen LogP contribution in [0.25, 0.3) is 0 Å². The molecule has 1 saturated heterocycles. The Morgan fingerprint density at radius 1 is 1.21 bits per heavy atom. The van der Waals surface area contributed by atoms with Gasteiger partial charge in [-0.25, -0.2) is 12.8 Å². The standard InChI is InChI=1S/C17H18ClFN2O2S/c1-24(22,23)15-5-2-12(3-6-15)20-13-8-9-21(11-13)14-4-7-17(19)16(18)10-14/h2-7,10,13,20H,8-9,11H2,1H3. The van der Waals surface area contributed by atoms with Gasteiger partial charge in [-0.05, 0) is 48.9 Å². The zero-order chi connectivity index (χ0) is 17.3. The minimum Gasteiger partial charge on any atom is -0.380 e. The van der Waals surface area contributed by atoms with Crippen LogP contribution in [0.3, 0.4) is 0 Å². The minimum absolute atomic E-state index is 0.125. The maximum atomic E-state index is 13.3. The summed E-state index contributed by atoms with van der Waals surface area (Å²) < 4.78 is 36.2. The Hall–Kier alpha value is -1.79.